The summed E-state index contributed by atoms with van der Waals surface area (Å²) in [5.74, 6) is 1.82. The highest BCUT2D eigenvalue weighted by Gasteiger charge is 2.06. The molecule has 0 spiro atoms. The Bertz CT molecular complexity index is 1020. The van der Waals surface area contributed by atoms with Crippen LogP contribution in [-0.2, 0) is 6.61 Å². The van der Waals surface area contributed by atoms with Gasteiger partial charge in [-0.05, 0) is 65.2 Å². The highest BCUT2D eigenvalue weighted by molar-refractivity contribution is 7.80. The van der Waals surface area contributed by atoms with Crippen LogP contribution in [0.2, 0.25) is 0 Å². The van der Waals surface area contributed by atoms with Crippen LogP contribution in [0.5, 0.6) is 11.5 Å². The van der Waals surface area contributed by atoms with E-state index >= 15 is 0 Å². The van der Waals surface area contributed by atoms with Gasteiger partial charge in [0.1, 0.15) is 6.61 Å². The van der Waals surface area contributed by atoms with E-state index in [9.17, 15) is 0 Å². The van der Waals surface area contributed by atoms with Gasteiger partial charge >= 0.3 is 0 Å². The second kappa shape index (κ2) is 11.1. The molecule has 0 unspecified atom stereocenters. The van der Waals surface area contributed by atoms with Crippen molar-refractivity contribution in [1.29, 1.82) is 0 Å². The fourth-order valence-electron chi connectivity index (χ4n) is 2.90. The van der Waals surface area contributed by atoms with E-state index < -0.39 is 0 Å². The van der Waals surface area contributed by atoms with Gasteiger partial charge in [-0.3, -0.25) is 5.43 Å². The molecule has 0 amide bonds. The Kier molecular flexibility index (Phi) is 8.01. The summed E-state index contributed by atoms with van der Waals surface area (Å²) in [5, 5.41) is 7.77. The smallest absolute Gasteiger partial charge is 0.191 e. The molecule has 3 aromatic rings. The first-order valence-corrected chi connectivity index (χ1v) is 10.5. The number of hydrogen-bond acceptors (Lipinski definition) is 4. The average molecular weight is 434 g/mol. The summed E-state index contributed by atoms with van der Waals surface area (Å²) in [6.07, 6.45) is 1.69. The second-order valence-corrected chi connectivity index (χ2v) is 7.69. The van der Waals surface area contributed by atoms with Gasteiger partial charge in [0.25, 0.3) is 0 Å². The summed E-state index contributed by atoms with van der Waals surface area (Å²) in [6, 6.07) is 23.8. The highest BCUT2D eigenvalue weighted by atomic mass is 32.1. The van der Waals surface area contributed by atoms with Crippen LogP contribution in [0, 0.1) is 0 Å². The standard InChI is InChI=1S/C25H27N3O2S/c1-18(2)21-10-12-22(13-11-21)27-25(31)28-26-16-20-9-14-23(29-3)24(15-20)30-17-19-7-5-4-6-8-19/h4-16,18H,17H2,1-3H3,(H2,27,28,31). The zero-order valence-corrected chi connectivity index (χ0v) is 18.8. The molecule has 0 radical (unpaired) electrons. The third-order valence-electron chi connectivity index (χ3n) is 4.64. The lowest BCUT2D eigenvalue weighted by Gasteiger charge is -2.11. The zero-order valence-electron chi connectivity index (χ0n) is 18.0. The number of hydrogen-bond donors (Lipinski definition) is 2. The van der Waals surface area contributed by atoms with Crippen molar-refractivity contribution < 1.29 is 9.47 Å². The van der Waals surface area contributed by atoms with Gasteiger partial charge in [-0.1, -0.05) is 56.3 Å². The van der Waals surface area contributed by atoms with Gasteiger partial charge in [-0.25, -0.2) is 0 Å². The summed E-state index contributed by atoms with van der Waals surface area (Å²) in [4.78, 5) is 0. The SMILES string of the molecule is COc1ccc(C=NNC(=S)Nc2ccc(C(C)C)cc2)cc1OCc1ccccc1. The quantitative estimate of drug-likeness (QED) is 0.270. The first-order chi connectivity index (χ1) is 15.0. The lowest BCUT2D eigenvalue weighted by molar-refractivity contribution is 0.284. The Balaban J connectivity index is 1.57. The molecule has 0 saturated heterocycles. The van der Waals surface area contributed by atoms with E-state index in [1.807, 2.05) is 60.7 Å². The lowest BCUT2D eigenvalue weighted by atomic mass is 10.0. The van der Waals surface area contributed by atoms with E-state index in [0.29, 0.717) is 29.1 Å². The fraction of sp³-hybridized carbons (Fsp3) is 0.200. The minimum absolute atomic E-state index is 0.419. The maximum Gasteiger partial charge on any atom is 0.191 e. The van der Waals surface area contributed by atoms with Crippen molar-refractivity contribution >= 4 is 29.2 Å². The number of anilines is 1. The molecule has 0 aliphatic carbocycles. The normalized spacial score (nSPS) is 10.8. The topological polar surface area (TPSA) is 54.9 Å². The monoisotopic (exact) mass is 433 g/mol. The number of thiocarbonyl (C=S) groups is 1. The number of ether oxygens (including phenoxy) is 2. The zero-order chi connectivity index (χ0) is 22.1. The molecule has 0 bridgehead atoms. The number of nitrogens with one attached hydrogen (secondary N) is 2. The van der Waals surface area contributed by atoms with E-state index in [4.69, 9.17) is 21.7 Å². The number of benzene rings is 3. The Morgan fingerprint density at radius 2 is 1.74 bits per heavy atom. The Morgan fingerprint density at radius 3 is 2.42 bits per heavy atom. The van der Waals surface area contributed by atoms with Crippen LogP contribution in [-0.4, -0.2) is 18.4 Å². The summed E-state index contributed by atoms with van der Waals surface area (Å²) in [5.41, 5.74) is 6.99. The van der Waals surface area contributed by atoms with E-state index in [1.54, 1.807) is 13.3 Å². The van der Waals surface area contributed by atoms with Crippen LogP contribution >= 0.6 is 12.2 Å². The van der Waals surface area contributed by atoms with Crippen molar-refractivity contribution in [2.24, 2.45) is 5.10 Å². The van der Waals surface area contributed by atoms with Crippen LogP contribution in [0.1, 0.15) is 36.5 Å². The molecule has 0 aliphatic rings. The molecule has 0 heterocycles. The van der Waals surface area contributed by atoms with E-state index in [-0.39, 0.29) is 0 Å². The van der Waals surface area contributed by atoms with Gasteiger partial charge in [0.2, 0.25) is 0 Å². The predicted molar refractivity (Wildman–Crippen MR) is 131 cm³/mol. The molecule has 2 N–H and O–H groups in total. The Morgan fingerprint density at radius 1 is 1.00 bits per heavy atom. The molecule has 6 heteroatoms. The number of methoxy groups -OCH3 is 1. The minimum Gasteiger partial charge on any atom is -0.493 e. The molecule has 160 valence electrons. The van der Waals surface area contributed by atoms with Crippen LogP contribution < -0.4 is 20.2 Å². The van der Waals surface area contributed by atoms with Crippen LogP contribution in [0.25, 0.3) is 0 Å². The van der Waals surface area contributed by atoms with E-state index in [0.717, 1.165) is 16.8 Å². The molecule has 0 saturated carbocycles. The molecule has 5 nitrogen and oxygen atoms in total. The van der Waals surface area contributed by atoms with E-state index in [1.165, 1.54) is 5.56 Å². The predicted octanol–water partition coefficient (Wildman–Crippen LogP) is 5.72. The van der Waals surface area contributed by atoms with Gasteiger partial charge in [-0.2, -0.15) is 5.10 Å². The first kappa shape index (κ1) is 22.3. The van der Waals surface area contributed by atoms with Crippen LogP contribution in [0.3, 0.4) is 0 Å². The molecule has 31 heavy (non-hydrogen) atoms. The third-order valence-corrected chi connectivity index (χ3v) is 4.83. The average Bonchev–Trinajstić information content (AvgIpc) is 2.79. The molecular formula is C25H27N3O2S. The number of rotatable bonds is 8. The Labute approximate surface area is 189 Å². The van der Waals surface area contributed by atoms with Gasteiger partial charge in [0.05, 0.1) is 13.3 Å². The largest absolute Gasteiger partial charge is 0.493 e. The molecule has 3 aromatic carbocycles. The molecule has 0 fully saturated rings. The molecule has 0 aromatic heterocycles. The van der Waals surface area contributed by atoms with Crippen molar-refractivity contribution in [1.82, 2.24) is 5.43 Å². The van der Waals surface area contributed by atoms with Crippen molar-refractivity contribution in [3.05, 3.63) is 89.5 Å². The summed E-state index contributed by atoms with van der Waals surface area (Å²) in [7, 11) is 1.62. The number of nitrogens with zero attached hydrogens (tertiary/aromatic N) is 1. The third kappa shape index (κ3) is 6.83. The maximum absolute atomic E-state index is 5.94. The van der Waals surface area contributed by atoms with Crippen LogP contribution in [0.4, 0.5) is 5.69 Å². The van der Waals surface area contributed by atoms with Gasteiger partial charge in [0, 0.05) is 5.69 Å². The lowest BCUT2D eigenvalue weighted by Crippen LogP contribution is -2.23. The van der Waals surface area contributed by atoms with Gasteiger partial charge < -0.3 is 14.8 Å². The molecule has 0 atom stereocenters. The first-order valence-electron chi connectivity index (χ1n) is 10.1. The summed E-state index contributed by atoms with van der Waals surface area (Å²) in [6.45, 7) is 4.79. The highest BCUT2D eigenvalue weighted by Crippen LogP contribution is 2.28. The maximum atomic E-state index is 5.94. The summed E-state index contributed by atoms with van der Waals surface area (Å²) >= 11 is 5.32. The van der Waals surface area contributed by atoms with E-state index in [2.05, 4.69) is 41.8 Å². The molecule has 3 rings (SSSR count). The van der Waals surface area contributed by atoms with Gasteiger partial charge in [0.15, 0.2) is 16.6 Å². The number of hydrazone groups is 1. The summed E-state index contributed by atoms with van der Waals surface area (Å²) < 4.78 is 11.3. The van der Waals surface area contributed by atoms with Crippen molar-refractivity contribution in [3.63, 3.8) is 0 Å². The molecule has 0 aliphatic heterocycles. The van der Waals surface area contributed by atoms with Crippen LogP contribution in [0.15, 0.2) is 77.9 Å². The van der Waals surface area contributed by atoms with Crippen molar-refractivity contribution in [3.8, 4) is 11.5 Å². The second-order valence-electron chi connectivity index (χ2n) is 7.29. The minimum atomic E-state index is 0.419. The Hall–Kier alpha value is -3.38. The van der Waals surface area contributed by atoms with Gasteiger partial charge in [-0.15, -0.1) is 0 Å². The van der Waals surface area contributed by atoms with Crippen molar-refractivity contribution in [2.45, 2.75) is 26.4 Å². The molecular weight excluding hydrogens is 406 g/mol. The fourth-order valence-corrected chi connectivity index (χ4v) is 3.07. The van der Waals surface area contributed by atoms with Crippen molar-refractivity contribution in [2.75, 3.05) is 12.4 Å².